The normalized spacial score (nSPS) is 26.8. The van der Waals surface area contributed by atoms with Crippen LogP contribution in [0.4, 0.5) is 0 Å². The number of ether oxygens (including phenoxy) is 2. The van der Waals surface area contributed by atoms with Crippen LogP contribution in [0.15, 0.2) is 24.3 Å². The monoisotopic (exact) mass is 289 g/mol. The molecule has 21 heavy (non-hydrogen) atoms. The zero-order valence-electron chi connectivity index (χ0n) is 13.2. The van der Waals surface area contributed by atoms with Gasteiger partial charge in [0.25, 0.3) is 0 Å². The molecule has 0 aromatic heterocycles. The van der Waals surface area contributed by atoms with Gasteiger partial charge in [-0.3, -0.25) is 0 Å². The predicted octanol–water partition coefficient (Wildman–Crippen LogP) is 3.69. The third-order valence-corrected chi connectivity index (χ3v) is 4.54. The molecule has 1 aliphatic carbocycles. The zero-order chi connectivity index (χ0) is 14.7. The van der Waals surface area contributed by atoms with Gasteiger partial charge in [0.15, 0.2) is 0 Å². The number of rotatable bonds is 7. The molecule has 0 amide bonds. The van der Waals surface area contributed by atoms with E-state index in [1.807, 2.05) is 0 Å². The first-order chi connectivity index (χ1) is 10.3. The fourth-order valence-electron chi connectivity index (χ4n) is 3.17. The van der Waals surface area contributed by atoms with Gasteiger partial charge in [0.1, 0.15) is 5.75 Å². The molecule has 3 atom stereocenters. The lowest BCUT2D eigenvalue weighted by atomic mass is 10.0. The molecule has 1 saturated carbocycles. The summed E-state index contributed by atoms with van der Waals surface area (Å²) in [5, 5.41) is 3.76. The van der Waals surface area contributed by atoms with Crippen LogP contribution in [0, 0.1) is 5.92 Å². The molecule has 3 rings (SSSR count). The molecule has 1 saturated heterocycles. The summed E-state index contributed by atoms with van der Waals surface area (Å²) in [7, 11) is 0. The Kier molecular flexibility index (Phi) is 4.81. The molecule has 3 heteroatoms. The summed E-state index contributed by atoms with van der Waals surface area (Å²) in [6.07, 6.45) is 5.33. The van der Waals surface area contributed by atoms with Gasteiger partial charge in [-0.2, -0.15) is 0 Å². The molecule has 0 bridgehead atoms. The summed E-state index contributed by atoms with van der Waals surface area (Å²) in [5.74, 6) is 1.77. The van der Waals surface area contributed by atoms with Gasteiger partial charge in [0.2, 0.25) is 0 Å². The van der Waals surface area contributed by atoms with E-state index in [0.717, 1.165) is 37.7 Å². The minimum atomic E-state index is 0.359. The average Bonchev–Trinajstić information content (AvgIpc) is 3.26. The minimum Gasteiger partial charge on any atom is -0.494 e. The number of hydrogen-bond acceptors (Lipinski definition) is 3. The topological polar surface area (TPSA) is 30.5 Å². The molecule has 1 aliphatic heterocycles. The molecule has 0 spiro atoms. The summed E-state index contributed by atoms with van der Waals surface area (Å²) in [5.41, 5.74) is 1.32. The summed E-state index contributed by atoms with van der Waals surface area (Å²) >= 11 is 0. The lowest BCUT2D eigenvalue weighted by Crippen LogP contribution is -2.39. The van der Waals surface area contributed by atoms with Crippen molar-refractivity contribution in [1.82, 2.24) is 5.32 Å². The third-order valence-electron chi connectivity index (χ3n) is 4.54. The van der Waals surface area contributed by atoms with Crippen molar-refractivity contribution in [1.29, 1.82) is 0 Å². The first kappa shape index (κ1) is 14.9. The number of hydrogen-bond donors (Lipinski definition) is 1. The number of nitrogens with one attached hydrogen (secondary N) is 1. The van der Waals surface area contributed by atoms with E-state index in [0.29, 0.717) is 18.2 Å². The molecule has 116 valence electrons. The Labute approximate surface area is 128 Å². The van der Waals surface area contributed by atoms with Gasteiger partial charge in [-0.15, -0.1) is 0 Å². The molecule has 0 radical (unpaired) electrons. The van der Waals surface area contributed by atoms with E-state index in [1.54, 1.807) is 0 Å². The second-order valence-electron chi connectivity index (χ2n) is 6.37. The lowest BCUT2D eigenvalue weighted by Gasteiger charge is -2.24. The van der Waals surface area contributed by atoms with Gasteiger partial charge in [0, 0.05) is 18.7 Å². The smallest absolute Gasteiger partial charge is 0.119 e. The number of benzene rings is 1. The fraction of sp³-hybridized carbons (Fsp3) is 0.667. The van der Waals surface area contributed by atoms with E-state index < -0.39 is 0 Å². The van der Waals surface area contributed by atoms with Crippen molar-refractivity contribution < 1.29 is 9.47 Å². The van der Waals surface area contributed by atoms with E-state index in [-0.39, 0.29) is 0 Å². The van der Waals surface area contributed by atoms with Gasteiger partial charge in [-0.25, -0.2) is 0 Å². The average molecular weight is 289 g/mol. The first-order valence-corrected chi connectivity index (χ1v) is 8.38. The lowest BCUT2D eigenvalue weighted by molar-refractivity contribution is 0.0793. The van der Waals surface area contributed by atoms with Crippen molar-refractivity contribution in [3.05, 3.63) is 29.8 Å². The Morgan fingerprint density at radius 1 is 1.24 bits per heavy atom. The van der Waals surface area contributed by atoms with Crippen molar-refractivity contribution in [3.8, 4) is 5.75 Å². The van der Waals surface area contributed by atoms with E-state index in [4.69, 9.17) is 9.47 Å². The Morgan fingerprint density at radius 2 is 2.00 bits per heavy atom. The molecule has 1 N–H and O–H groups in total. The maximum Gasteiger partial charge on any atom is 0.119 e. The van der Waals surface area contributed by atoms with Crippen molar-refractivity contribution in [2.24, 2.45) is 5.92 Å². The Balaban J connectivity index is 1.55. The van der Waals surface area contributed by atoms with Gasteiger partial charge in [-0.05, 0) is 56.2 Å². The Bertz CT molecular complexity index is 441. The largest absolute Gasteiger partial charge is 0.494 e. The Morgan fingerprint density at radius 3 is 2.67 bits per heavy atom. The molecule has 3 nitrogen and oxygen atoms in total. The van der Waals surface area contributed by atoms with Crippen LogP contribution in [0.25, 0.3) is 0 Å². The predicted molar refractivity (Wildman–Crippen MR) is 84.6 cm³/mol. The maximum absolute atomic E-state index is 5.91. The molecular formula is C18H27NO2. The highest BCUT2D eigenvalue weighted by Gasteiger charge is 2.40. The van der Waals surface area contributed by atoms with E-state index in [1.165, 1.54) is 18.4 Å². The van der Waals surface area contributed by atoms with Crippen LogP contribution in [0.3, 0.4) is 0 Å². The molecular weight excluding hydrogens is 262 g/mol. The van der Waals surface area contributed by atoms with E-state index >= 15 is 0 Å². The van der Waals surface area contributed by atoms with Crippen LogP contribution in [0.2, 0.25) is 0 Å². The van der Waals surface area contributed by atoms with Crippen LogP contribution >= 0.6 is 0 Å². The van der Waals surface area contributed by atoms with Crippen molar-refractivity contribution in [3.63, 3.8) is 0 Å². The van der Waals surface area contributed by atoms with Crippen molar-refractivity contribution in [2.45, 2.75) is 57.7 Å². The second kappa shape index (κ2) is 6.80. The third kappa shape index (κ3) is 3.78. The summed E-state index contributed by atoms with van der Waals surface area (Å²) in [6, 6.07) is 9.37. The standard InChI is InChI=1S/C18H27NO2/c1-3-11-20-16-8-6-14(7-9-16)13(2)19-17-10-12-21-18(17)15-4-5-15/h6-9,13,15,17-19H,3-5,10-12H2,1-2H3. The molecule has 1 heterocycles. The molecule has 1 aromatic carbocycles. The zero-order valence-corrected chi connectivity index (χ0v) is 13.2. The fourth-order valence-corrected chi connectivity index (χ4v) is 3.17. The highest BCUT2D eigenvalue weighted by Crippen LogP contribution is 2.39. The Hall–Kier alpha value is -1.06. The van der Waals surface area contributed by atoms with Gasteiger partial charge >= 0.3 is 0 Å². The molecule has 3 unspecified atom stereocenters. The second-order valence-corrected chi connectivity index (χ2v) is 6.37. The maximum atomic E-state index is 5.91. The van der Waals surface area contributed by atoms with E-state index in [9.17, 15) is 0 Å². The summed E-state index contributed by atoms with van der Waals surface area (Å²) in [4.78, 5) is 0. The highest BCUT2D eigenvalue weighted by atomic mass is 16.5. The SMILES string of the molecule is CCCOc1ccc(C(C)NC2CCOC2C2CC2)cc1. The minimum absolute atomic E-state index is 0.359. The van der Waals surface area contributed by atoms with Gasteiger partial charge < -0.3 is 14.8 Å². The highest BCUT2D eigenvalue weighted by molar-refractivity contribution is 5.29. The quantitative estimate of drug-likeness (QED) is 0.830. The van der Waals surface area contributed by atoms with Crippen LogP contribution in [-0.2, 0) is 4.74 Å². The van der Waals surface area contributed by atoms with E-state index in [2.05, 4.69) is 43.4 Å². The van der Waals surface area contributed by atoms with Gasteiger partial charge in [0.05, 0.1) is 12.7 Å². The van der Waals surface area contributed by atoms with Crippen LogP contribution in [0.5, 0.6) is 5.75 Å². The molecule has 1 aromatic rings. The summed E-state index contributed by atoms with van der Waals surface area (Å²) in [6.45, 7) is 6.06. The van der Waals surface area contributed by atoms with Crippen LogP contribution < -0.4 is 10.1 Å². The summed E-state index contributed by atoms with van der Waals surface area (Å²) < 4.78 is 11.5. The molecule has 2 aliphatic rings. The van der Waals surface area contributed by atoms with Crippen LogP contribution in [-0.4, -0.2) is 25.4 Å². The first-order valence-electron chi connectivity index (χ1n) is 8.38. The molecule has 2 fully saturated rings. The van der Waals surface area contributed by atoms with Gasteiger partial charge in [-0.1, -0.05) is 19.1 Å². The van der Waals surface area contributed by atoms with Crippen molar-refractivity contribution in [2.75, 3.05) is 13.2 Å². The van der Waals surface area contributed by atoms with Crippen molar-refractivity contribution >= 4 is 0 Å². The van der Waals surface area contributed by atoms with Crippen LogP contribution in [0.1, 0.15) is 51.1 Å².